The van der Waals surface area contributed by atoms with Gasteiger partial charge in [-0.15, -0.1) is 0 Å². The van der Waals surface area contributed by atoms with Crippen molar-refractivity contribution in [2.75, 3.05) is 26.8 Å². The molecule has 4 heteroatoms. The second-order valence-corrected chi connectivity index (χ2v) is 6.91. The third kappa shape index (κ3) is 3.94. The highest BCUT2D eigenvalue weighted by atomic mass is 16.5. The fourth-order valence-corrected chi connectivity index (χ4v) is 3.72. The summed E-state index contributed by atoms with van der Waals surface area (Å²) in [5, 5.41) is 13.0. The zero-order valence-electron chi connectivity index (χ0n) is 13.2. The Morgan fingerprint density at radius 2 is 2.25 bits per heavy atom. The van der Waals surface area contributed by atoms with Gasteiger partial charge in [0, 0.05) is 25.2 Å². The van der Waals surface area contributed by atoms with Crippen LogP contribution in [0.5, 0.6) is 0 Å². The van der Waals surface area contributed by atoms with Crippen LogP contribution < -0.4 is 5.32 Å². The van der Waals surface area contributed by atoms with Crippen LogP contribution >= 0.6 is 0 Å². The largest absolute Gasteiger partial charge is 0.381 e. The van der Waals surface area contributed by atoms with E-state index in [0.717, 1.165) is 39.0 Å². The highest BCUT2D eigenvalue weighted by Crippen LogP contribution is 2.33. The SMILES string of the molecule is CC(C)NC1(C#N)CCC(N(C)CC2CCCOC2)C1. The molecule has 1 saturated carbocycles. The second kappa shape index (κ2) is 6.89. The summed E-state index contributed by atoms with van der Waals surface area (Å²) in [5.74, 6) is 0.670. The Bertz CT molecular complexity index is 346. The molecule has 1 heterocycles. The van der Waals surface area contributed by atoms with Crippen molar-refractivity contribution in [2.45, 2.75) is 63.6 Å². The first-order valence-corrected chi connectivity index (χ1v) is 8.01. The predicted octanol–water partition coefficient (Wildman–Crippen LogP) is 2.16. The van der Waals surface area contributed by atoms with Gasteiger partial charge in [-0.3, -0.25) is 5.32 Å². The number of nitrogens with zero attached hydrogens (tertiary/aromatic N) is 2. The van der Waals surface area contributed by atoms with Crippen LogP contribution in [0.2, 0.25) is 0 Å². The lowest BCUT2D eigenvalue weighted by Crippen LogP contribution is -2.47. The highest BCUT2D eigenvalue weighted by Gasteiger charge is 2.41. The molecule has 1 saturated heterocycles. The molecular formula is C16H29N3O. The average Bonchev–Trinajstić information content (AvgIpc) is 2.84. The van der Waals surface area contributed by atoms with Crippen LogP contribution in [0.1, 0.15) is 46.0 Å². The van der Waals surface area contributed by atoms with Gasteiger partial charge in [0.15, 0.2) is 0 Å². The van der Waals surface area contributed by atoms with Gasteiger partial charge < -0.3 is 9.64 Å². The minimum absolute atomic E-state index is 0.309. The van der Waals surface area contributed by atoms with Crippen molar-refractivity contribution in [3.05, 3.63) is 0 Å². The minimum atomic E-state index is -0.309. The molecule has 4 nitrogen and oxygen atoms in total. The van der Waals surface area contributed by atoms with E-state index >= 15 is 0 Å². The Morgan fingerprint density at radius 1 is 1.45 bits per heavy atom. The molecule has 0 spiro atoms. The highest BCUT2D eigenvalue weighted by molar-refractivity contribution is 5.13. The number of hydrogen-bond donors (Lipinski definition) is 1. The van der Waals surface area contributed by atoms with Crippen LogP contribution in [0.4, 0.5) is 0 Å². The smallest absolute Gasteiger partial charge is 0.108 e. The topological polar surface area (TPSA) is 48.3 Å². The van der Waals surface area contributed by atoms with E-state index in [4.69, 9.17) is 4.74 Å². The molecule has 0 radical (unpaired) electrons. The molecule has 0 aromatic rings. The summed E-state index contributed by atoms with van der Waals surface area (Å²) in [4.78, 5) is 2.46. The van der Waals surface area contributed by atoms with Crippen LogP contribution in [-0.2, 0) is 4.74 Å². The molecule has 0 amide bonds. The Hall–Kier alpha value is -0.630. The van der Waals surface area contributed by atoms with Crippen LogP contribution in [0, 0.1) is 17.2 Å². The van der Waals surface area contributed by atoms with Crippen molar-refractivity contribution in [1.29, 1.82) is 5.26 Å². The van der Waals surface area contributed by atoms with E-state index in [1.54, 1.807) is 0 Å². The average molecular weight is 279 g/mol. The van der Waals surface area contributed by atoms with Gasteiger partial charge in [0.1, 0.15) is 5.54 Å². The van der Waals surface area contributed by atoms with E-state index in [-0.39, 0.29) is 5.54 Å². The third-order valence-electron chi connectivity index (χ3n) is 4.69. The Balaban J connectivity index is 1.86. The molecule has 2 rings (SSSR count). The normalized spacial score (nSPS) is 34.6. The molecule has 0 aromatic heterocycles. The summed E-state index contributed by atoms with van der Waals surface area (Å²) in [5.41, 5.74) is -0.309. The first-order chi connectivity index (χ1) is 9.54. The van der Waals surface area contributed by atoms with E-state index in [0.29, 0.717) is 18.0 Å². The van der Waals surface area contributed by atoms with E-state index in [9.17, 15) is 5.26 Å². The maximum absolute atomic E-state index is 9.54. The van der Waals surface area contributed by atoms with E-state index in [1.807, 2.05) is 0 Å². The number of ether oxygens (including phenoxy) is 1. The molecule has 2 aliphatic rings. The summed E-state index contributed by atoms with van der Waals surface area (Å²) in [7, 11) is 2.21. The number of nitrogens with one attached hydrogen (secondary N) is 1. The molecule has 0 aromatic carbocycles. The zero-order valence-corrected chi connectivity index (χ0v) is 13.2. The van der Waals surface area contributed by atoms with Gasteiger partial charge in [-0.25, -0.2) is 0 Å². The fraction of sp³-hybridized carbons (Fsp3) is 0.938. The standard InChI is InChI=1S/C16H29N3O/c1-13(2)18-16(12-17)7-6-15(9-16)19(3)10-14-5-4-8-20-11-14/h13-15,18H,4-11H2,1-3H3. The molecule has 114 valence electrons. The number of hydrogen-bond acceptors (Lipinski definition) is 4. The predicted molar refractivity (Wildman–Crippen MR) is 80.4 cm³/mol. The Kier molecular flexibility index (Phi) is 5.42. The summed E-state index contributed by atoms with van der Waals surface area (Å²) < 4.78 is 5.57. The fourth-order valence-electron chi connectivity index (χ4n) is 3.72. The van der Waals surface area contributed by atoms with Crippen molar-refractivity contribution in [3.8, 4) is 6.07 Å². The van der Waals surface area contributed by atoms with Gasteiger partial charge in [-0.1, -0.05) is 0 Å². The lowest BCUT2D eigenvalue weighted by Gasteiger charge is -2.32. The van der Waals surface area contributed by atoms with Gasteiger partial charge >= 0.3 is 0 Å². The molecule has 3 atom stereocenters. The monoisotopic (exact) mass is 279 g/mol. The number of nitriles is 1. The zero-order chi connectivity index (χ0) is 14.6. The maximum atomic E-state index is 9.54. The molecule has 0 bridgehead atoms. The molecule has 1 aliphatic carbocycles. The van der Waals surface area contributed by atoms with E-state index in [1.165, 1.54) is 12.8 Å². The van der Waals surface area contributed by atoms with Crippen molar-refractivity contribution in [3.63, 3.8) is 0 Å². The van der Waals surface area contributed by atoms with Crippen LogP contribution in [0.15, 0.2) is 0 Å². The lowest BCUT2D eigenvalue weighted by atomic mass is 9.97. The van der Waals surface area contributed by atoms with E-state index < -0.39 is 0 Å². The van der Waals surface area contributed by atoms with Crippen molar-refractivity contribution in [2.24, 2.45) is 5.92 Å². The van der Waals surface area contributed by atoms with Gasteiger partial charge in [-0.2, -0.15) is 5.26 Å². The van der Waals surface area contributed by atoms with Crippen molar-refractivity contribution in [1.82, 2.24) is 10.2 Å². The molecule has 2 fully saturated rings. The van der Waals surface area contributed by atoms with Crippen molar-refractivity contribution < 1.29 is 4.74 Å². The molecule has 1 aliphatic heterocycles. The van der Waals surface area contributed by atoms with E-state index in [2.05, 4.69) is 37.2 Å². The minimum Gasteiger partial charge on any atom is -0.381 e. The Morgan fingerprint density at radius 3 is 2.85 bits per heavy atom. The lowest BCUT2D eigenvalue weighted by molar-refractivity contribution is 0.0362. The van der Waals surface area contributed by atoms with Crippen LogP contribution in [0.3, 0.4) is 0 Å². The maximum Gasteiger partial charge on any atom is 0.108 e. The quantitative estimate of drug-likeness (QED) is 0.838. The summed E-state index contributed by atoms with van der Waals surface area (Å²) >= 11 is 0. The molecular weight excluding hydrogens is 250 g/mol. The second-order valence-electron chi connectivity index (χ2n) is 6.91. The summed E-state index contributed by atoms with van der Waals surface area (Å²) in [6.07, 6.45) is 5.52. The first-order valence-electron chi connectivity index (χ1n) is 8.01. The van der Waals surface area contributed by atoms with Gasteiger partial charge in [0.25, 0.3) is 0 Å². The first kappa shape index (κ1) is 15.8. The van der Waals surface area contributed by atoms with Crippen LogP contribution in [0.25, 0.3) is 0 Å². The molecule has 20 heavy (non-hydrogen) atoms. The molecule has 3 unspecified atom stereocenters. The van der Waals surface area contributed by atoms with Gasteiger partial charge in [0.2, 0.25) is 0 Å². The summed E-state index contributed by atoms with van der Waals surface area (Å²) in [6.45, 7) is 7.18. The van der Waals surface area contributed by atoms with Crippen LogP contribution in [-0.4, -0.2) is 49.3 Å². The van der Waals surface area contributed by atoms with Gasteiger partial charge in [0.05, 0.1) is 12.7 Å². The molecule has 1 N–H and O–H groups in total. The third-order valence-corrected chi connectivity index (χ3v) is 4.69. The van der Waals surface area contributed by atoms with Gasteiger partial charge in [-0.05, 0) is 58.9 Å². The van der Waals surface area contributed by atoms with Crippen molar-refractivity contribution >= 4 is 0 Å². The summed E-state index contributed by atoms with van der Waals surface area (Å²) in [6, 6.07) is 3.43. The Labute approximate surface area is 123 Å². The number of rotatable bonds is 5.